The summed E-state index contributed by atoms with van der Waals surface area (Å²) in [5.74, 6) is -1.11. The van der Waals surface area contributed by atoms with E-state index < -0.39 is 17.2 Å². The lowest BCUT2D eigenvalue weighted by Crippen LogP contribution is -2.50. The maximum atomic E-state index is 12.5. The molecular formula is C18H23N3O4. The number of nitrogens with zero attached hydrogens (tertiary/aromatic N) is 1. The number of carbonyl (C=O) groups excluding carboxylic acids is 3. The van der Waals surface area contributed by atoms with Crippen LogP contribution in [0.3, 0.4) is 0 Å². The van der Waals surface area contributed by atoms with Crippen molar-refractivity contribution in [3.63, 3.8) is 0 Å². The van der Waals surface area contributed by atoms with Crippen molar-refractivity contribution in [2.24, 2.45) is 17.1 Å². The molecule has 2 saturated heterocycles. The van der Waals surface area contributed by atoms with Crippen LogP contribution in [0.2, 0.25) is 0 Å². The summed E-state index contributed by atoms with van der Waals surface area (Å²) >= 11 is 0. The Labute approximate surface area is 146 Å². The number of benzene rings is 1. The molecule has 1 aromatic rings. The molecule has 134 valence electrons. The summed E-state index contributed by atoms with van der Waals surface area (Å²) in [6, 6.07) is 9.30. The molecule has 7 nitrogen and oxygen atoms in total. The number of anilines is 1. The van der Waals surface area contributed by atoms with Gasteiger partial charge < -0.3 is 20.7 Å². The standard InChI is InChI=1S/C18H23N3O4/c19-17(24)18(6-8-25-9-7-18)12-20-16(23)13-10-15(22)21(11-13)14-4-2-1-3-5-14/h1-5,13H,6-12H2,(H2,19,24)(H,20,23)/t13-/m0/s1. The van der Waals surface area contributed by atoms with Crippen LogP contribution in [-0.2, 0) is 19.1 Å². The molecule has 0 saturated carbocycles. The molecule has 3 rings (SSSR count). The third-order valence-electron chi connectivity index (χ3n) is 5.14. The predicted molar refractivity (Wildman–Crippen MR) is 91.6 cm³/mol. The van der Waals surface area contributed by atoms with Gasteiger partial charge in [-0.15, -0.1) is 0 Å². The third kappa shape index (κ3) is 3.66. The van der Waals surface area contributed by atoms with E-state index in [9.17, 15) is 14.4 Å². The summed E-state index contributed by atoms with van der Waals surface area (Å²) in [5, 5.41) is 2.83. The smallest absolute Gasteiger partial charge is 0.227 e. The first kappa shape index (κ1) is 17.4. The molecule has 0 aromatic heterocycles. The van der Waals surface area contributed by atoms with Gasteiger partial charge in [-0.1, -0.05) is 18.2 Å². The minimum atomic E-state index is -0.754. The van der Waals surface area contributed by atoms with Gasteiger partial charge in [0.1, 0.15) is 0 Å². The summed E-state index contributed by atoms with van der Waals surface area (Å²) in [6.45, 7) is 1.47. The van der Waals surface area contributed by atoms with E-state index in [1.807, 2.05) is 30.3 Å². The fraction of sp³-hybridized carbons (Fsp3) is 0.500. The Balaban J connectivity index is 1.60. The second-order valence-corrected chi connectivity index (χ2v) is 6.72. The minimum absolute atomic E-state index is 0.0676. The van der Waals surface area contributed by atoms with Gasteiger partial charge in [0.05, 0.1) is 11.3 Å². The van der Waals surface area contributed by atoms with Gasteiger partial charge in [-0.3, -0.25) is 14.4 Å². The number of ether oxygens (including phenoxy) is 1. The Morgan fingerprint density at radius 3 is 2.56 bits per heavy atom. The van der Waals surface area contributed by atoms with E-state index >= 15 is 0 Å². The highest BCUT2D eigenvalue weighted by atomic mass is 16.5. The fourth-order valence-corrected chi connectivity index (χ4v) is 3.41. The average Bonchev–Trinajstić information content (AvgIpc) is 3.03. The van der Waals surface area contributed by atoms with E-state index in [4.69, 9.17) is 10.5 Å². The summed E-state index contributed by atoms with van der Waals surface area (Å²) in [4.78, 5) is 38.2. The second kappa shape index (κ2) is 7.23. The molecule has 3 amide bonds. The molecule has 7 heteroatoms. The Bertz CT molecular complexity index is 656. The molecule has 1 atom stereocenters. The highest BCUT2D eigenvalue weighted by Gasteiger charge is 2.40. The molecule has 0 spiro atoms. The molecule has 1 aromatic carbocycles. The predicted octanol–water partition coefficient (Wildman–Crippen LogP) is 0.438. The van der Waals surface area contributed by atoms with E-state index in [1.165, 1.54) is 0 Å². The zero-order valence-corrected chi connectivity index (χ0v) is 14.1. The summed E-state index contributed by atoms with van der Waals surface area (Å²) in [7, 11) is 0. The maximum absolute atomic E-state index is 12.5. The highest BCUT2D eigenvalue weighted by molar-refractivity contribution is 6.00. The third-order valence-corrected chi connectivity index (χ3v) is 5.14. The summed E-state index contributed by atoms with van der Waals surface area (Å²) < 4.78 is 5.29. The fourth-order valence-electron chi connectivity index (χ4n) is 3.41. The lowest BCUT2D eigenvalue weighted by atomic mass is 9.79. The highest BCUT2D eigenvalue weighted by Crippen LogP contribution is 2.30. The Kier molecular flexibility index (Phi) is 5.03. The topological polar surface area (TPSA) is 102 Å². The van der Waals surface area contributed by atoms with E-state index in [1.54, 1.807) is 4.90 Å². The summed E-state index contributed by atoms with van der Waals surface area (Å²) in [5.41, 5.74) is 5.59. The van der Waals surface area contributed by atoms with Crippen LogP contribution in [0.15, 0.2) is 30.3 Å². The lowest BCUT2D eigenvalue weighted by molar-refractivity contribution is -0.134. The van der Waals surface area contributed by atoms with Crippen LogP contribution >= 0.6 is 0 Å². The van der Waals surface area contributed by atoms with Gasteiger partial charge in [-0.05, 0) is 25.0 Å². The van der Waals surface area contributed by atoms with Crippen molar-refractivity contribution >= 4 is 23.4 Å². The number of hydrogen-bond donors (Lipinski definition) is 2. The quantitative estimate of drug-likeness (QED) is 0.808. The number of carbonyl (C=O) groups is 3. The number of primary amides is 1. The first-order valence-corrected chi connectivity index (χ1v) is 8.53. The van der Waals surface area contributed by atoms with Crippen molar-refractivity contribution in [2.45, 2.75) is 19.3 Å². The molecule has 2 heterocycles. The van der Waals surface area contributed by atoms with Crippen molar-refractivity contribution in [1.29, 1.82) is 0 Å². The van der Waals surface area contributed by atoms with Crippen LogP contribution in [0.25, 0.3) is 0 Å². The molecule has 0 bridgehead atoms. The van der Waals surface area contributed by atoms with Crippen molar-refractivity contribution in [3.8, 4) is 0 Å². The van der Waals surface area contributed by atoms with Crippen molar-refractivity contribution in [1.82, 2.24) is 5.32 Å². The normalized spacial score (nSPS) is 22.6. The monoisotopic (exact) mass is 345 g/mol. The minimum Gasteiger partial charge on any atom is -0.381 e. The molecule has 2 fully saturated rings. The maximum Gasteiger partial charge on any atom is 0.227 e. The molecule has 2 aliphatic rings. The van der Waals surface area contributed by atoms with E-state index in [0.717, 1.165) is 5.69 Å². The van der Waals surface area contributed by atoms with Crippen molar-refractivity contribution in [2.75, 3.05) is 31.2 Å². The molecule has 25 heavy (non-hydrogen) atoms. The number of hydrogen-bond acceptors (Lipinski definition) is 4. The number of para-hydroxylation sites is 1. The van der Waals surface area contributed by atoms with Crippen LogP contribution < -0.4 is 16.0 Å². The van der Waals surface area contributed by atoms with E-state index in [2.05, 4.69) is 5.32 Å². The molecule has 3 N–H and O–H groups in total. The number of nitrogens with two attached hydrogens (primary N) is 1. The van der Waals surface area contributed by atoms with Crippen molar-refractivity contribution < 1.29 is 19.1 Å². The van der Waals surface area contributed by atoms with Gasteiger partial charge in [0.15, 0.2) is 0 Å². The van der Waals surface area contributed by atoms with Crippen LogP contribution in [0.4, 0.5) is 5.69 Å². The zero-order chi connectivity index (χ0) is 17.9. The van der Waals surface area contributed by atoms with E-state index in [-0.39, 0.29) is 24.8 Å². The molecule has 0 aliphatic carbocycles. The molecule has 0 unspecified atom stereocenters. The second-order valence-electron chi connectivity index (χ2n) is 6.72. The van der Waals surface area contributed by atoms with Crippen molar-refractivity contribution in [3.05, 3.63) is 30.3 Å². The number of nitrogens with one attached hydrogen (secondary N) is 1. The molecule has 2 aliphatic heterocycles. The van der Waals surface area contributed by atoms with Gasteiger partial charge in [-0.25, -0.2) is 0 Å². The Morgan fingerprint density at radius 2 is 1.92 bits per heavy atom. The Hall–Kier alpha value is -2.41. The van der Waals surface area contributed by atoms with Gasteiger partial charge in [0, 0.05) is 38.4 Å². The summed E-state index contributed by atoms with van der Waals surface area (Å²) in [6.07, 6.45) is 1.18. The van der Waals surface area contributed by atoms with Gasteiger partial charge >= 0.3 is 0 Å². The van der Waals surface area contributed by atoms with Crippen LogP contribution in [0.5, 0.6) is 0 Å². The zero-order valence-electron chi connectivity index (χ0n) is 14.1. The molecular weight excluding hydrogens is 322 g/mol. The average molecular weight is 345 g/mol. The number of rotatable bonds is 5. The van der Waals surface area contributed by atoms with E-state index in [0.29, 0.717) is 32.6 Å². The first-order chi connectivity index (χ1) is 12.0. The Morgan fingerprint density at radius 1 is 1.24 bits per heavy atom. The SMILES string of the molecule is NC(=O)C1(CNC(=O)[C@H]2CC(=O)N(c3ccccc3)C2)CCOCC1. The first-order valence-electron chi connectivity index (χ1n) is 8.53. The molecule has 0 radical (unpaired) electrons. The van der Waals surface area contributed by atoms with Crippen LogP contribution in [-0.4, -0.2) is 44.0 Å². The lowest BCUT2D eigenvalue weighted by Gasteiger charge is -2.34. The van der Waals surface area contributed by atoms with Gasteiger partial charge in [-0.2, -0.15) is 0 Å². The number of amides is 3. The van der Waals surface area contributed by atoms with Crippen LogP contribution in [0, 0.1) is 11.3 Å². The largest absolute Gasteiger partial charge is 0.381 e. The van der Waals surface area contributed by atoms with Crippen LogP contribution in [0.1, 0.15) is 19.3 Å². The van der Waals surface area contributed by atoms with Gasteiger partial charge in [0.2, 0.25) is 17.7 Å². The van der Waals surface area contributed by atoms with Gasteiger partial charge in [0.25, 0.3) is 0 Å².